The third-order valence-electron chi connectivity index (χ3n) is 27.8. The summed E-state index contributed by atoms with van der Waals surface area (Å²) in [5.41, 5.74) is 15.6. The Morgan fingerprint density at radius 2 is 0.728 bits per heavy atom. The van der Waals surface area contributed by atoms with Crippen molar-refractivity contribution in [2.24, 2.45) is 46.8 Å². The molecule has 35 heteroatoms. The number of likely N-dealkylation sites (N-methyl/N-ethyl adjacent to an activating group) is 1. The lowest BCUT2D eigenvalue weighted by Crippen LogP contribution is -2.54. The van der Waals surface area contributed by atoms with E-state index in [1.54, 1.807) is 0 Å². The van der Waals surface area contributed by atoms with Crippen LogP contribution in [0.4, 0.5) is 0 Å². The molecule has 13 heterocycles. The maximum absolute atomic E-state index is 11.3. The van der Waals surface area contributed by atoms with Crippen LogP contribution in [-0.4, -0.2) is 433 Å². The van der Waals surface area contributed by atoms with Crippen LogP contribution < -0.4 is 27.8 Å². The van der Waals surface area contributed by atoms with Crippen LogP contribution in [0.15, 0.2) is 12.3 Å². The van der Waals surface area contributed by atoms with Crippen molar-refractivity contribution in [1.82, 2.24) is 69.4 Å². The van der Waals surface area contributed by atoms with E-state index in [0.29, 0.717) is 98.5 Å². The van der Waals surface area contributed by atoms with Crippen molar-refractivity contribution in [2.45, 2.75) is 266 Å². The number of rotatable bonds is 21. The summed E-state index contributed by atoms with van der Waals surface area (Å²) < 4.78 is 0. The fourth-order valence-electron chi connectivity index (χ4n) is 18.9. The quantitative estimate of drug-likeness (QED) is 0.0660. The van der Waals surface area contributed by atoms with Gasteiger partial charge in [-0.2, -0.15) is 0 Å². The SMILES string of the molecule is C.C=C(O)C1CCN(C)CC1.CN1CCC(CC(=O)O)CC1.CN1CCC(CC(=O)O)CC1.CN1CCC(CC(N)C(=O)O)CC1.CN1CCC(CCCC(=O)O)CC1.CN1CCC(N)(C(=O)O)CC1.CN1CCC(N2CCC[C@H]2C(=O)O)CC1.CN1CCC(N2CCC[C@H]2C(=O)O)CC1.CN1CCC(N2CCC[C@H]2C(N)=O)CC1.CNC1CN[C@H](C(=O)O)C1. The van der Waals surface area contributed by atoms with Crippen LogP contribution in [0.5, 0.6) is 0 Å². The second kappa shape index (κ2) is 60.9. The first-order valence-corrected chi connectivity index (χ1v) is 46.5. The average molecular weight is 1780 g/mol. The number of allylic oxidation sites excluding steroid dienone is 1. The Morgan fingerprint density at radius 1 is 0.416 bits per heavy atom. The molecule has 0 bridgehead atoms. The molecular formula is C90H173N17O18. The number of carboxylic acid groups (broad SMARTS) is 8. The number of aliphatic carboxylic acids is 8. The predicted octanol–water partition coefficient (Wildman–Crippen LogP) is 5.16. The standard InChI is InChI=1S/C11H21N3O.2C11H20N2O2.C10H19NO2.C9H18N2O2.2C8H15NO2.C8H15NO.C7H14N2O2.C6H12N2O2.CH4/c1-13-7-4-9(5-8-13)14-6-2-3-10(14)11(12)15;2*1-12-7-4-9(5-8-12)13-6-2-3-10(13)11(14)15;1-11-7-5-9(6-8-11)3-2-4-10(12)13;1-11-4-2-7(3-5-11)6-8(10)9(12)13;2*1-9-4-2-7(3-5-9)6-8(10)11;1-7(10)8-3-5-9(2)6-4-8;1-9-4-2-7(8,3-5-9)6(10)11;1-7-4-2-5(6(9)10)8-3-4;/h9-10H,2-8H2,1H3,(H2,12,15);2*9-10H,2-8H2,1H3,(H,14,15);9H,2-8H2,1H3,(H,12,13);7-8H,2-6,10H2,1H3,(H,12,13);2*7H,2-6H2,1H3,(H,10,11);8,10H,1,3-6H2,2H3;2-5,8H2,1H3,(H,10,11);4-5,7-8H,2-3H2,1H3,(H,9,10);1H4/t3*10-;;;;;;;4?,5-;/m000......0./s1. The number of likely N-dealkylation sites (tertiary alicyclic amines) is 12. The van der Waals surface area contributed by atoms with Crippen molar-refractivity contribution < 1.29 is 89.1 Å². The van der Waals surface area contributed by atoms with Gasteiger partial charge in [-0.25, -0.2) is 0 Å². The Bertz CT molecular complexity index is 2900. The highest BCUT2D eigenvalue weighted by atomic mass is 16.4. The number of aliphatic hydroxyl groups excluding tert-OH is 1. The van der Waals surface area contributed by atoms with Crippen molar-refractivity contribution in [3.8, 4) is 0 Å². The van der Waals surface area contributed by atoms with Gasteiger partial charge in [-0.3, -0.25) is 57.9 Å². The maximum Gasteiger partial charge on any atom is 0.323 e. The molecule has 0 aromatic rings. The zero-order valence-electron chi connectivity index (χ0n) is 77.6. The Hall–Kier alpha value is -5.87. The molecule has 0 aliphatic carbocycles. The highest BCUT2D eigenvalue weighted by Crippen LogP contribution is 2.31. The van der Waals surface area contributed by atoms with E-state index in [-0.39, 0.29) is 37.5 Å². The molecule has 0 saturated carbocycles. The largest absolute Gasteiger partial charge is 0.513 e. The summed E-state index contributed by atoms with van der Waals surface area (Å²) >= 11 is 0. The average Bonchev–Trinajstić information content (AvgIpc) is 1.68. The number of carboxylic acids is 8. The van der Waals surface area contributed by atoms with Gasteiger partial charge in [-0.05, 0) is 398 Å². The number of hydrogen-bond acceptors (Lipinski definition) is 26. The number of carbonyl (C=O) groups excluding carboxylic acids is 1. The maximum atomic E-state index is 11.3. The summed E-state index contributed by atoms with van der Waals surface area (Å²) in [6.07, 6.45) is 29.1. The van der Waals surface area contributed by atoms with Crippen LogP contribution in [0.2, 0.25) is 0 Å². The fraction of sp³-hybridized carbons (Fsp3) is 0.878. The molecule has 17 N–H and O–H groups in total. The summed E-state index contributed by atoms with van der Waals surface area (Å²) in [5.74, 6) is -3.02. The molecule has 0 spiro atoms. The molecule has 13 saturated heterocycles. The molecule has 0 aromatic heterocycles. The van der Waals surface area contributed by atoms with Crippen molar-refractivity contribution in [1.29, 1.82) is 0 Å². The minimum atomic E-state index is -0.966. The Kier molecular flexibility index (Phi) is 55.2. The van der Waals surface area contributed by atoms with Gasteiger partial charge in [0.05, 0.1) is 11.8 Å². The topological polar surface area (TPSA) is 477 Å². The summed E-state index contributed by atoms with van der Waals surface area (Å²) in [7, 11) is 20.7. The first-order valence-electron chi connectivity index (χ1n) is 46.5. The van der Waals surface area contributed by atoms with Crippen molar-refractivity contribution in [3.05, 3.63) is 12.3 Å². The molecule has 2 unspecified atom stereocenters. The second-order valence-electron chi connectivity index (χ2n) is 37.9. The molecule has 1 amide bonds. The van der Waals surface area contributed by atoms with Crippen molar-refractivity contribution >= 4 is 53.7 Å². The Morgan fingerprint density at radius 3 is 1.01 bits per heavy atom. The molecule has 13 rings (SSSR count). The number of nitrogens with one attached hydrogen (secondary N) is 2. The van der Waals surface area contributed by atoms with E-state index in [1.165, 1.54) is 38.8 Å². The van der Waals surface area contributed by atoms with Gasteiger partial charge in [0.25, 0.3) is 0 Å². The van der Waals surface area contributed by atoms with E-state index in [1.807, 2.05) is 14.1 Å². The molecule has 13 aliphatic rings. The number of piperidine rings is 9. The monoisotopic (exact) mass is 1780 g/mol. The Labute approximate surface area is 748 Å². The van der Waals surface area contributed by atoms with E-state index in [9.17, 15) is 43.2 Å². The zero-order chi connectivity index (χ0) is 92.2. The van der Waals surface area contributed by atoms with E-state index >= 15 is 0 Å². The van der Waals surface area contributed by atoms with Gasteiger partial charge >= 0.3 is 47.8 Å². The van der Waals surface area contributed by atoms with Gasteiger partial charge in [0.15, 0.2) is 0 Å². The minimum Gasteiger partial charge on any atom is -0.513 e. The molecule has 35 nitrogen and oxygen atoms in total. The van der Waals surface area contributed by atoms with E-state index in [2.05, 4.69) is 132 Å². The normalized spacial score (nSPS) is 26.1. The van der Waals surface area contributed by atoms with Crippen LogP contribution in [0, 0.1) is 29.6 Å². The summed E-state index contributed by atoms with van der Waals surface area (Å²) in [6, 6.07) is 0.484. The molecule has 726 valence electrons. The van der Waals surface area contributed by atoms with E-state index in [0.717, 1.165) is 265 Å². The van der Waals surface area contributed by atoms with Crippen LogP contribution in [0.1, 0.15) is 206 Å². The van der Waals surface area contributed by atoms with Crippen LogP contribution in [-0.2, 0) is 43.2 Å². The number of primary amides is 1. The highest BCUT2D eigenvalue weighted by molar-refractivity contribution is 5.80. The van der Waals surface area contributed by atoms with Gasteiger partial charge in [0.2, 0.25) is 5.91 Å². The molecule has 6 atom stereocenters. The molecule has 13 fully saturated rings. The number of hydrogen-bond donors (Lipinski definition) is 14. The van der Waals surface area contributed by atoms with E-state index < -0.39 is 59.3 Å². The van der Waals surface area contributed by atoms with Crippen molar-refractivity contribution in [3.63, 3.8) is 0 Å². The number of nitrogens with two attached hydrogens (primary N) is 3. The predicted molar refractivity (Wildman–Crippen MR) is 489 cm³/mol. The van der Waals surface area contributed by atoms with Crippen LogP contribution in [0.3, 0.4) is 0 Å². The number of nitrogens with zero attached hydrogens (tertiary/aromatic N) is 12. The Balaban J connectivity index is 0.000000359. The molecular weight excluding hydrogens is 1610 g/mol. The number of carbonyl (C=O) groups is 9. The second-order valence-corrected chi connectivity index (χ2v) is 37.9. The van der Waals surface area contributed by atoms with Gasteiger partial charge in [-0.15, -0.1) is 0 Å². The lowest BCUT2D eigenvalue weighted by molar-refractivity contribution is -0.145. The smallest absolute Gasteiger partial charge is 0.323 e. The van der Waals surface area contributed by atoms with Crippen LogP contribution >= 0.6 is 0 Å². The van der Waals surface area contributed by atoms with Gasteiger partial charge in [0.1, 0.15) is 29.7 Å². The molecule has 13 aliphatic heterocycles. The number of aliphatic hydroxyl groups is 1. The first-order chi connectivity index (χ1) is 58.7. The van der Waals surface area contributed by atoms with Crippen LogP contribution in [0.25, 0.3) is 0 Å². The summed E-state index contributed by atoms with van der Waals surface area (Å²) in [6.45, 7) is 26.5. The molecule has 0 aromatic carbocycles. The number of amides is 1. The molecule has 125 heavy (non-hydrogen) atoms. The minimum absolute atomic E-state index is 0. The van der Waals surface area contributed by atoms with Gasteiger partial charge in [-0.1, -0.05) is 14.0 Å². The lowest BCUT2D eigenvalue weighted by atomic mass is 9.89. The fourth-order valence-corrected chi connectivity index (χ4v) is 18.9. The first kappa shape index (κ1) is 113. The third-order valence-corrected chi connectivity index (χ3v) is 27.8. The van der Waals surface area contributed by atoms with Gasteiger partial charge in [0, 0.05) is 69.0 Å². The lowest BCUT2D eigenvalue weighted by Gasteiger charge is -2.37. The summed E-state index contributed by atoms with van der Waals surface area (Å²) in [4.78, 5) is 123. The third kappa shape index (κ3) is 45.5. The van der Waals surface area contributed by atoms with Gasteiger partial charge < -0.3 is 118 Å². The molecule has 0 radical (unpaired) electrons. The van der Waals surface area contributed by atoms with E-state index in [4.69, 9.17) is 63.2 Å². The zero-order valence-corrected chi connectivity index (χ0v) is 77.6. The van der Waals surface area contributed by atoms with Crippen molar-refractivity contribution in [2.75, 3.05) is 214 Å². The highest BCUT2D eigenvalue weighted by Gasteiger charge is 2.40. The summed E-state index contributed by atoms with van der Waals surface area (Å²) in [5, 5.41) is 84.6.